The second-order valence-corrected chi connectivity index (χ2v) is 10.5. The molecular weight excluding hydrogens is 460 g/mol. The second-order valence-electron chi connectivity index (χ2n) is 10.5. The van der Waals surface area contributed by atoms with E-state index >= 15 is 0 Å². The van der Waals surface area contributed by atoms with E-state index in [1.807, 2.05) is 18.7 Å². The summed E-state index contributed by atoms with van der Waals surface area (Å²) in [6, 6.07) is 3.94. The smallest absolute Gasteiger partial charge is 0.260 e. The number of piperidine rings is 1. The number of H-pyrrole nitrogens is 1. The fraction of sp³-hybridized carbons (Fsp3) is 0.654. The van der Waals surface area contributed by atoms with Crippen LogP contribution in [0.3, 0.4) is 0 Å². The number of nitrogens with one attached hydrogen (secondary N) is 3. The minimum absolute atomic E-state index is 0.0383. The quantitative estimate of drug-likeness (QED) is 0.184. The molecule has 10 nitrogen and oxygen atoms in total. The van der Waals surface area contributed by atoms with E-state index in [0.29, 0.717) is 17.8 Å². The van der Waals surface area contributed by atoms with E-state index in [9.17, 15) is 19.5 Å². The summed E-state index contributed by atoms with van der Waals surface area (Å²) in [6.07, 6.45) is 5.53. The maximum atomic E-state index is 13.2. The van der Waals surface area contributed by atoms with Crippen molar-refractivity contribution < 1.29 is 19.5 Å². The van der Waals surface area contributed by atoms with Crippen molar-refractivity contribution in [2.24, 2.45) is 0 Å². The zero-order valence-electron chi connectivity index (χ0n) is 21.6. The van der Waals surface area contributed by atoms with E-state index in [2.05, 4.69) is 25.4 Å². The molecule has 0 saturated carbocycles. The average molecular weight is 501 g/mol. The molecule has 198 valence electrons. The van der Waals surface area contributed by atoms with Gasteiger partial charge in [-0.15, -0.1) is 0 Å². The van der Waals surface area contributed by atoms with Gasteiger partial charge in [-0.3, -0.25) is 24.2 Å². The number of piperazine rings is 1. The van der Waals surface area contributed by atoms with Crippen LogP contribution in [0.5, 0.6) is 0 Å². The molecular formula is C26H40N6O4. The van der Waals surface area contributed by atoms with Gasteiger partial charge < -0.3 is 25.6 Å². The van der Waals surface area contributed by atoms with E-state index in [-0.39, 0.29) is 29.3 Å². The molecule has 0 radical (unpaired) electrons. The van der Waals surface area contributed by atoms with E-state index < -0.39 is 11.8 Å². The summed E-state index contributed by atoms with van der Waals surface area (Å²) >= 11 is 0. The first-order chi connectivity index (χ1) is 17.2. The third kappa shape index (κ3) is 6.10. The number of aromatic amines is 1. The van der Waals surface area contributed by atoms with Crippen molar-refractivity contribution >= 4 is 23.5 Å². The highest BCUT2D eigenvalue weighted by Crippen LogP contribution is 2.35. The monoisotopic (exact) mass is 500 g/mol. The number of nitrogens with zero attached hydrogens (tertiary/aromatic N) is 3. The molecule has 3 amide bonds. The first-order valence-corrected chi connectivity index (χ1v) is 13.1. The fourth-order valence-electron chi connectivity index (χ4n) is 5.82. The molecule has 4 heterocycles. The lowest BCUT2D eigenvalue weighted by molar-refractivity contribution is -0.130. The number of amides is 3. The third-order valence-electron chi connectivity index (χ3n) is 7.68. The maximum absolute atomic E-state index is 13.2. The van der Waals surface area contributed by atoms with Crippen molar-refractivity contribution in [2.75, 3.05) is 39.3 Å². The van der Waals surface area contributed by atoms with Crippen LogP contribution in [-0.2, 0) is 14.4 Å². The van der Waals surface area contributed by atoms with Crippen LogP contribution in [0.25, 0.3) is 5.76 Å². The minimum atomic E-state index is -0.583. The van der Waals surface area contributed by atoms with Gasteiger partial charge in [0.05, 0.1) is 5.69 Å². The van der Waals surface area contributed by atoms with E-state index in [1.165, 1.54) is 0 Å². The van der Waals surface area contributed by atoms with Gasteiger partial charge in [-0.2, -0.15) is 0 Å². The molecule has 2 unspecified atom stereocenters. The number of hydrogen-bond acceptors (Lipinski definition) is 6. The lowest BCUT2D eigenvalue weighted by atomic mass is 9.96. The molecule has 10 heteroatoms. The molecule has 0 aliphatic carbocycles. The summed E-state index contributed by atoms with van der Waals surface area (Å²) in [5.74, 6) is -1.32. The Morgan fingerprint density at radius 3 is 2.28 bits per heavy atom. The Balaban J connectivity index is 1.34. The molecule has 4 N–H and O–H groups in total. The van der Waals surface area contributed by atoms with Crippen LogP contribution >= 0.6 is 0 Å². The molecule has 0 aromatic carbocycles. The van der Waals surface area contributed by atoms with E-state index in [4.69, 9.17) is 0 Å². The molecule has 4 rings (SSSR count). The van der Waals surface area contributed by atoms with Crippen LogP contribution < -0.4 is 10.6 Å². The van der Waals surface area contributed by atoms with Crippen LogP contribution in [0.1, 0.15) is 52.1 Å². The Kier molecular flexibility index (Phi) is 8.35. The van der Waals surface area contributed by atoms with Crippen molar-refractivity contribution in [1.29, 1.82) is 0 Å². The predicted octanol–water partition coefficient (Wildman–Crippen LogP) is 1.08. The molecule has 0 spiro atoms. The van der Waals surface area contributed by atoms with Crippen molar-refractivity contribution in [3.05, 3.63) is 29.6 Å². The van der Waals surface area contributed by atoms with Crippen LogP contribution in [-0.4, -0.2) is 106 Å². The first-order valence-electron chi connectivity index (χ1n) is 13.1. The van der Waals surface area contributed by atoms with Crippen molar-refractivity contribution in [1.82, 2.24) is 30.3 Å². The number of hydrogen-bond donors (Lipinski definition) is 4. The summed E-state index contributed by atoms with van der Waals surface area (Å²) in [5.41, 5.74) is 0.0729. The summed E-state index contributed by atoms with van der Waals surface area (Å²) in [4.78, 5) is 47.4. The van der Waals surface area contributed by atoms with Crippen LogP contribution in [0.15, 0.2) is 23.9 Å². The molecule has 1 aromatic rings. The van der Waals surface area contributed by atoms with E-state index in [1.54, 1.807) is 25.3 Å². The van der Waals surface area contributed by atoms with E-state index in [0.717, 1.165) is 65.0 Å². The summed E-state index contributed by atoms with van der Waals surface area (Å²) in [6.45, 7) is 10.7. The number of rotatable bonds is 8. The molecule has 3 aliphatic heterocycles. The third-order valence-corrected chi connectivity index (χ3v) is 7.68. The highest BCUT2D eigenvalue weighted by Gasteiger charge is 2.41. The summed E-state index contributed by atoms with van der Waals surface area (Å²) in [7, 11) is 0. The Hall–Kier alpha value is -2.85. The fourth-order valence-corrected chi connectivity index (χ4v) is 5.82. The van der Waals surface area contributed by atoms with Gasteiger partial charge in [-0.1, -0.05) is 0 Å². The largest absolute Gasteiger partial charge is 0.505 e. The van der Waals surface area contributed by atoms with Crippen molar-refractivity contribution in [3.8, 4) is 0 Å². The first kappa shape index (κ1) is 26.2. The zero-order chi connectivity index (χ0) is 25.8. The number of aliphatic hydroxyl groups is 1. The van der Waals surface area contributed by atoms with Gasteiger partial charge >= 0.3 is 0 Å². The molecule has 3 aliphatic rings. The normalized spacial score (nSPS) is 25.6. The number of aromatic nitrogens is 1. The molecule has 36 heavy (non-hydrogen) atoms. The molecule has 2 atom stereocenters. The van der Waals surface area contributed by atoms with Crippen LogP contribution in [0.2, 0.25) is 0 Å². The lowest BCUT2D eigenvalue weighted by Gasteiger charge is -2.41. The number of aliphatic hydroxyl groups excluding tert-OH is 1. The van der Waals surface area contributed by atoms with Gasteiger partial charge in [0.2, 0.25) is 5.91 Å². The SMILES string of the molecule is CC(=O)N1CCN(CCN2C3CCC2CC(NC(=O)/C(C(=O)NC(C)C)=C(\O)c2ccc[nH]2)C3)CC1. The second kappa shape index (κ2) is 11.5. The molecule has 2 bridgehead atoms. The van der Waals surface area contributed by atoms with Gasteiger partial charge in [0.25, 0.3) is 11.8 Å². The number of carbonyl (C=O) groups is 3. The predicted molar refractivity (Wildman–Crippen MR) is 137 cm³/mol. The summed E-state index contributed by atoms with van der Waals surface area (Å²) in [5, 5.41) is 16.5. The van der Waals surface area contributed by atoms with Gasteiger partial charge in [-0.25, -0.2) is 0 Å². The number of carbonyl (C=O) groups excluding carboxylic acids is 3. The average Bonchev–Trinajstić information content (AvgIpc) is 3.44. The van der Waals surface area contributed by atoms with Crippen molar-refractivity contribution in [3.63, 3.8) is 0 Å². The number of fused-ring (bicyclic) bond motifs is 2. The summed E-state index contributed by atoms with van der Waals surface area (Å²) < 4.78 is 0. The zero-order valence-corrected chi connectivity index (χ0v) is 21.6. The van der Waals surface area contributed by atoms with Crippen LogP contribution in [0.4, 0.5) is 0 Å². The Labute approximate surface area is 213 Å². The van der Waals surface area contributed by atoms with Crippen molar-refractivity contribution in [2.45, 2.75) is 70.6 Å². The topological polar surface area (TPSA) is 121 Å². The standard InChI is InChI=1S/C26H40N6O4/c1-17(2)28-25(35)23(24(34)22-5-4-8-27-22)26(36)29-19-15-20-6-7-21(16-19)32(20)14-11-30-9-12-31(13-10-30)18(3)33/h4-5,8,17,19-21,27,34H,6-7,9-16H2,1-3H3,(H,28,35)(H,29,36)/b24-23-. The van der Waals surface area contributed by atoms with Gasteiger partial charge in [-0.05, 0) is 51.7 Å². The Bertz CT molecular complexity index is 953. The maximum Gasteiger partial charge on any atom is 0.260 e. The van der Waals surface area contributed by atoms with Gasteiger partial charge in [0.15, 0.2) is 5.76 Å². The highest BCUT2D eigenvalue weighted by atomic mass is 16.3. The highest BCUT2D eigenvalue weighted by molar-refractivity contribution is 6.22. The minimum Gasteiger partial charge on any atom is -0.505 e. The van der Waals surface area contributed by atoms with Gasteiger partial charge in [0.1, 0.15) is 5.57 Å². The van der Waals surface area contributed by atoms with Crippen LogP contribution in [0, 0.1) is 0 Å². The molecule has 3 fully saturated rings. The molecule has 1 aromatic heterocycles. The lowest BCUT2D eigenvalue weighted by Crippen LogP contribution is -2.54. The Morgan fingerprint density at radius 1 is 1.06 bits per heavy atom. The molecule has 3 saturated heterocycles. The van der Waals surface area contributed by atoms with Gasteiger partial charge in [0, 0.05) is 76.6 Å². The Morgan fingerprint density at radius 2 is 1.72 bits per heavy atom.